The minimum atomic E-state index is -0.238. The maximum Gasteiger partial charge on any atom is 0.137 e. The van der Waals surface area contributed by atoms with Gasteiger partial charge in [0.25, 0.3) is 0 Å². The maximum atomic E-state index is 13.0. The molecule has 0 amide bonds. The molecule has 1 N–H and O–H groups in total. The summed E-state index contributed by atoms with van der Waals surface area (Å²) < 4.78 is 13.5. The van der Waals surface area contributed by atoms with Gasteiger partial charge in [-0.15, -0.1) is 11.3 Å². The van der Waals surface area contributed by atoms with Crippen LogP contribution in [-0.2, 0) is 6.54 Å². The first-order valence-corrected chi connectivity index (χ1v) is 6.56. The Labute approximate surface area is 106 Å². The van der Waals surface area contributed by atoms with Crippen LogP contribution in [0.2, 0.25) is 0 Å². The zero-order valence-corrected chi connectivity index (χ0v) is 11.2. The van der Waals surface area contributed by atoms with Gasteiger partial charge in [-0.2, -0.15) is 0 Å². The van der Waals surface area contributed by atoms with Crippen LogP contribution in [0.4, 0.5) is 10.1 Å². The molecule has 0 saturated carbocycles. The highest BCUT2D eigenvalue weighted by atomic mass is 79.9. The first-order valence-electron chi connectivity index (χ1n) is 4.88. The standard InChI is InChI=1S/C12H11BrFNS/c1-8-4-5-16-12(8)7-15-9-2-3-11(14)10(13)6-9/h2-6,15H,7H2,1H3. The number of nitrogens with one attached hydrogen (secondary N) is 1. The SMILES string of the molecule is Cc1ccsc1CNc1ccc(F)c(Br)c1. The van der Waals surface area contributed by atoms with E-state index in [1.807, 2.05) is 0 Å². The molecule has 0 aliphatic rings. The molecular weight excluding hydrogens is 289 g/mol. The van der Waals surface area contributed by atoms with Gasteiger partial charge in [0, 0.05) is 17.1 Å². The fourth-order valence-corrected chi connectivity index (χ4v) is 2.60. The molecule has 84 valence electrons. The number of halogens is 2. The summed E-state index contributed by atoms with van der Waals surface area (Å²) in [5.74, 6) is -0.238. The smallest absolute Gasteiger partial charge is 0.137 e. The molecule has 0 spiro atoms. The maximum absolute atomic E-state index is 13.0. The van der Waals surface area contributed by atoms with E-state index in [0.29, 0.717) is 4.47 Å². The van der Waals surface area contributed by atoms with Gasteiger partial charge in [-0.3, -0.25) is 0 Å². The van der Waals surface area contributed by atoms with Crippen LogP contribution in [0, 0.1) is 12.7 Å². The Morgan fingerprint density at radius 1 is 1.38 bits per heavy atom. The molecule has 0 aliphatic heterocycles. The lowest BCUT2D eigenvalue weighted by Gasteiger charge is -2.06. The van der Waals surface area contributed by atoms with E-state index in [1.54, 1.807) is 23.5 Å². The van der Waals surface area contributed by atoms with Crippen LogP contribution in [0.3, 0.4) is 0 Å². The molecule has 1 nitrogen and oxygen atoms in total. The van der Waals surface area contributed by atoms with Crippen molar-refractivity contribution in [2.45, 2.75) is 13.5 Å². The van der Waals surface area contributed by atoms with Gasteiger partial charge in [0.15, 0.2) is 0 Å². The summed E-state index contributed by atoms with van der Waals surface area (Å²) in [6.45, 7) is 2.87. The van der Waals surface area contributed by atoms with Gasteiger partial charge in [0.1, 0.15) is 5.82 Å². The van der Waals surface area contributed by atoms with Crippen molar-refractivity contribution in [1.82, 2.24) is 0 Å². The second kappa shape index (κ2) is 4.97. The van der Waals surface area contributed by atoms with Crippen molar-refractivity contribution in [2.24, 2.45) is 0 Å². The Bertz CT molecular complexity index is 496. The van der Waals surface area contributed by atoms with Crippen molar-refractivity contribution in [3.05, 3.63) is 50.4 Å². The Kier molecular flexibility index (Phi) is 3.61. The molecule has 0 fully saturated rings. The van der Waals surface area contributed by atoms with Crippen LogP contribution in [-0.4, -0.2) is 0 Å². The molecule has 4 heteroatoms. The molecule has 16 heavy (non-hydrogen) atoms. The van der Waals surface area contributed by atoms with Gasteiger partial charge in [-0.1, -0.05) is 0 Å². The third-order valence-electron chi connectivity index (χ3n) is 2.34. The van der Waals surface area contributed by atoms with E-state index in [9.17, 15) is 4.39 Å². The van der Waals surface area contributed by atoms with E-state index in [0.717, 1.165) is 12.2 Å². The molecule has 0 atom stereocenters. The van der Waals surface area contributed by atoms with Gasteiger partial charge in [0.05, 0.1) is 4.47 Å². The van der Waals surface area contributed by atoms with E-state index in [1.165, 1.54) is 16.5 Å². The van der Waals surface area contributed by atoms with Crippen LogP contribution in [0.25, 0.3) is 0 Å². The number of rotatable bonds is 3. The van der Waals surface area contributed by atoms with E-state index < -0.39 is 0 Å². The van der Waals surface area contributed by atoms with E-state index >= 15 is 0 Å². The number of hydrogen-bond acceptors (Lipinski definition) is 2. The molecule has 0 bridgehead atoms. The molecule has 2 rings (SSSR count). The molecule has 2 aromatic rings. The Morgan fingerprint density at radius 2 is 2.19 bits per heavy atom. The highest BCUT2D eigenvalue weighted by Crippen LogP contribution is 2.22. The molecule has 0 radical (unpaired) electrons. The van der Waals surface area contributed by atoms with Gasteiger partial charge in [-0.25, -0.2) is 4.39 Å². The molecular formula is C12H11BrFNS. The lowest BCUT2D eigenvalue weighted by molar-refractivity contribution is 0.621. The summed E-state index contributed by atoms with van der Waals surface area (Å²) in [6, 6.07) is 7.04. The highest BCUT2D eigenvalue weighted by molar-refractivity contribution is 9.10. The summed E-state index contributed by atoms with van der Waals surface area (Å²) in [7, 11) is 0. The van der Waals surface area contributed by atoms with E-state index in [4.69, 9.17) is 0 Å². The van der Waals surface area contributed by atoms with Gasteiger partial charge >= 0.3 is 0 Å². The molecule has 1 aromatic carbocycles. The zero-order chi connectivity index (χ0) is 11.5. The topological polar surface area (TPSA) is 12.0 Å². The summed E-state index contributed by atoms with van der Waals surface area (Å²) >= 11 is 4.89. The van der Waals surface area contributed by atoms with Crippen molar-refractivity contribution in [3.63, 3.8) is 0 Å². The van der Waals surface area contributed by atoms with E-state index in [-0.39, 0.29) is 5.82 Å². The van der Waals surface area contributed by atoms with Crippen molar-refractivity contribution in [3.8, 4) is 0 Å². The lowest BCUT2D eigenvalue weighted by atomic mass is 10.2. The predicted octanol–water partition coefficient (Wildman–Crippen LogP) is 4.57. The Morgan fingerprint density at radius 3 is 2.81 bits per heavy atom. The van der Waals surface area contributed by atoms with Crippen molar-refractivity contribution >= 4 is 33.0 Å². The molecule has 1 heterocycles. The van der Waals surface area contributed by atoms with Crippen molar-refractivity contribution in [2.75, 3.05) is 5.32 Å². The quantitative estimate of drug-likeness (QED) is 0.875. The highest BCUT2D eigenvalue weighted by Gasteiger charge is 2.02. The van der Waals surface area contributed by atoms with Crippen LogP contribution in [0.5, 0.6) is 0 Å². The van der Waals surface area contributed by atoms with Crippen LogP contribution in [0.15, 0.2) is 34.1 Å². The normalized spacial score (nSPS) is 10.4. The first kappa shape index (κ1) is 11.6. The number of thiophene rings is 1. The summed E-state index contributed by atoms with van der Waals surface area (Å²) in [5.41, 5.74) is 2.21. The summed E-state index contributed by atoms with van der Waals surface area (Å²) in [6.07, 6.45) is 0. The minimum Gasteiger partial charge on any atom is -0.380 e. The average molecular weight is 300 g/mol. The largest absolute Gasteiger partial charge is 0.380 e. The Balaban J connectivity index is 2.05. The first-order chi connectivity index (χ1) is 7.66. The van der Waals surface area contributed by atoms with Gasteiger partial charge in [0.2, 0.25) is 0 Å². The second-order valence-electron chi connectivity index (χ2n) is 3.51. The molecule has 0 unspecified atom stereocenters. The van der Waals surface area contributed by atoms with Crippen LogP contribution in [0.1, 0.15) is 10.4 Å². The third-order valence-corrected chi connectivity index (χ3v) is 3.97. The molecule has 1 aromatic heterocycles. The van der Waals surface area contributed by atoms with Crippen molar-refractivity contribution < 1.29 is 4.39 Å². The lowest BCUT2D eigenvalue weighted by Crippen LogP contribution is -1.98. The molecule has 0 saturated heterocycles. The average Bonchev–Trinajstić information content (AvgIpc) is 2.66. The number of hydrogen-bond donors (Lipinski definition) is 1. The predicted molar refractivity (Wildman–Crippen MR) is 70.5 cm³/mol. The van der Waals surface area contributed by atoms with Gasteiger partial charge < -0.3 is 5.32 Å². The fourth-order valence-electron chi connectivity index (χ4n) is 1.37. The second-order valence-corrected chi connectivity index (χ2v) is 5.36. The third kappa shape index (κ3) is 2.62. The number of benzene rings is 1. The monoisotopic (exact) mass is 299 g/mol. The summed E-state index contributed by atoms with van der Waals surface area (Å²) in [5, 5.41) is 5.35. The minimum absolute atomic E-state index is 0.238. The van der Waals surface area contributed by atoms with Gasteiger partial charge in [-0.05, 0) is 58.1 Å². The molecule has 0 aliphatic carbocycles. The Hall–Kier alpha value is -0.870. The van der Waals surface area contributed by atoms with Crippen LogP contribution < -0.4 is 5.32 Å². The van der Waals surface area contributed by atoms with E-state index in [2.05, 4.69) is 39.6 Å². The van der Waals surface area contributed by atoms with Crippen molar-refractivity contribution in [1.29, 1.82) is 0 Å². The number of aryl methyl sites for hydroxylation is 1. The fraction of sp³-hybridized carbons (Fsp3) is 0.167. The summed E-state index contributed by atoms with van der Waals surface area (Å²) in [4.78, 5) is 1.31. The number of anilines is 1. The van der Waals surface area contributed by atoms with Crippen LogP contribution >= 0.6 is 27.3 Å². The zero-order valence-electron chi connectivity index (χ0n) is 8.76.